The van der Waals surface area contributed by atoms with Crippen molar-refractivity contribution in [1.82, 2.24) is 5.32 Å². The second-order valence-electron chi connectivity index (χ2n) is 4.53. The Balaban J connectivity index is 2.24. The molecular weight excluding hydrogens is 202 g/mol. The molecule has 1 rings (SSSR count). The van der Waals surface area contributed by atoms with Crippen LogP contribution in [0.3, 0.4) is 0 Å². The van der Waals surface area contributed by atoms with E-state index in [4.69, 9.17) is 0 Å². The Hall–Kier alpha value is -0.340. The average molecular weight is 225 g/mol. The maximum absolute atomic E-state index is 3.65. The van der Waals surface area contributed by atoms with E-state index in [-0.39, 0.29) is 0 Å². The minimum absolute atomic E-state index is 0.655. The number of rotatable bonds is 7. The normalized spacial score (nSPS) is 13.3. The molecule has 1 nitrogen and oxygen atoms in total. The number of nitrogens with one attached hydrogen (secondary N) is 1. The van der Waals surface area contributed by atoms with Gasteiger partial charge in [-0.15, -0.1) is 11.3 Å². The summed E-state index contributed by atoms with van der Waals surface area (Å²) in [5, 5.41) is 5.81. The van der Waals surface area contributed by atoms with Crippen LogP contribution in [0.5, 0.6) is 0 Å². The van der Waals surface area contributed by atoms with Gasteiger partial charge in [0.15, 0.2) is 0 Å². The summed E-state index contributed by atoms with van der Waals surface area (Å²) in [5.41, 5.74) is 0. The van der Waals surface area contributed by atoms with Gasteiger partial charge in [0.25, 0.3) is 0 Å². The lowest BCUT2D eigenvalue weighted by atomic mass is 10.1. The number of hydrogen-bond donors (Lipinski definition) is 1. The van der Waals surface area contributed by atoms with E-state index in [1.165, 1.54) is 24.1 Å². The highest BCUT2D eigenvalue weighted by Gasteiger charge is 2.07. The average Bonchev–Trinajstić information content (AvgIpc) is 2.68. The number of thiophene rings is 1. The Morgan fingerprint density at radius 1 is 1.40 bits per heavy atom. The van der Waals surface area contributed by atoms with E-state index in [1.807, 2.05) is 11.3 Å². The summed E-state index contributed by atoms with van der Waals surface area (Å²) in [5.74, 6) is 0.803. The smallest absolute Gasteiger partial charge is 0.0113 e. The maximum Gasteiger partial charge on any atom is 0.0113 e. The maximum atomic E-state index is 3.65. The van der Waals surface area contributed by atoms with Crippen LogP contribution >= 0.6 is 11.3 Å². The Morgan fingerprint density at radius 3 is 2.73 bits per heavy atom. The summed E-state index contributed by atoms with van der Waals surface area (Å²) in [4.78, 5) is 1.50. The van der Waals surface area contributed by atoms with Gasteiger partial charge in [0, 0.05) is 10.9 Å². The van der Waals surface area contributed by atoms with Gasteiger partial charge in [0.2, 0.25) is 0 Å². The van der Waals surface area contributed by atoms with E-state index >= 15 is 0 Å². The van der Waals surface area contributed by atoms with Crippen LogP contribution in [0.15, 0.2) is 17.5 Å². The molecule has 0 bridgehead atoms. The fraction of sp³-hybridized carbons (Fsp3) is 0.692. The Morgan fingerprint density at radius 2 is 2.20 bits per heavy atom. The third-order valence-electron chi connectivity index (χ3n) is 2.68. The van der Waals surface area contributed by atoms with Crippen LogP contribution in [0.1, 0.15) is 38.5 Å². The van der Waals surface area contributed by atoms with Gasteiger partial charge in [-0.2, -0.15) is 0 Å². The van der Waals surface area contributed by atoms with Crippen molar-refractivity contribution in [3.05, 3.63) is 22.4 Å². The van der Waals surface area contributed by atoms with Gasteiger partial charge in [-0.25, -0.2) is 0 Å². The Kier molecular flexibility index (Phi) is 5.96. The molecule has 86 valence electrons. The Labute approximate surface area is 97.9 Å². The molecule has 0 spiro atoms. The lowest BCUT2D eigenvalue weighted by molar-refractivity contribution is 0.458. The van der Waals surface area contributed by atoms with Crippen LogP contribution in [-0.2, 0) is 6.42 Å². The van der Waals surface area contributed by atoms with Crippen molar-refractivity contribution in [1.29, 1.82) is 0 Å². The van der Waals surface area contributed by atoms with Gasteiger partial charge in [-0.3, -0.25) is 0 Å². The SMILES string of the molecule is CCC(Cc1cccs1)NCCC(C)C. The molecule has 0 fully saturated rings. The third-order valence-corrected chi connectivity index (χ3v) is 3.57. The summed E-state index contributed by atoms with van der Waals surface area (Å²) in [6.07, 6.45) is 3.68. The fourth-order valence-electron chi connectivity index (χ4n) is 1.61. The fourth-order valence-corrected chi connectivity index (χ4v) is 2.40. The third kappa shape index (κ3) is 5.33. The zero-order valence-electron chi connectivity index (χ0n) is 10.1. The van der Waals surface area contributed by atoms with Crippen molar-refractivity contribution >= 4 is 11.3 Å². The molecule has 0 aromatic carbocycles. The monoisotopic (exact) mass is 225 g/mol. The van der Waals surface area contributed by atoms with Crippen LogP contribution in [0.25, 0.3) is 0 Å². The summed E-state index contributed by atoms with van der Waals surface area (Å²) >= 11 is 1.87. The van der Waals surface area contributed by atoms with Gasteiger partial charge in [0.1, 0.15) is 0 Å². The molecule has 0 radical (unpaired) electrons. The van der Waals surface area contributed by atoms with Crippen molar-refractivity contribution < 1.29 is 0 Å². The van der Waals surface area contributed by atoms with Crippen LogP contribution in [-0.4, -0.2) is 12.6 Å². The van der Waals surface area contributed by atoms with E-state index in [0.29, 0.717) is 6.04 Å². The summed E-state index contributed by atoms with van der Waals surface area (Å²) in [7, 11) is 0. The van der Waals surface area contributed by atoms with Crippen molar-refractivity contribution in [3.63, 3.8) is 0 Å². The summed E-state index contributed by atoms with van der Waals surface area (Å²) < 4.78 is 0. The largest absolute Gasteiger partial charge is 0.314 e. The van der Waals surface area contributed by atoms with Crippen LogP contribution in [0, 0.1) is 5.92 Å². The van der Waals surface area contributed by atoms with Gasteiger partial charge < -0.3 is 5.32 Å². The molecular formula is C13H23NS. The van der Waals surface area contributed by atoms with Gasteiger partial charge in [0.05, 0.1) is 0 Å². The highest BCUT2D eigenvalue weighted by atomic mass is 32.1. The first kappa shape index (κ1) is 12.7. The molecule has 1 heterocycles. The standard InChI is InChI=1S/C13H23NS/c1-4-12(14-8-7-11(2)3)10-13-6-5-9-15-13/h5-6,9,11-12,14H,4,7-8,10H2,1-3H3. The quantitative estimate of drug-likeness (QED) is 0.746. The molecule has 0 amide bonds. The molecule has 0 saturated heterocycles. The molecule has 0 aliphatic rings. The molecule has 0 aliphatic carbocycles. The first-order chi connectivity index (χ1) is 7.22. The number of hydrogen-bond acceptors (Lipinski definition) is 2. The molecule has 1 N–H and O–H groups in total. The van der Waals surface area contributed by atoms with Crippen LogP contribution < -0.4 is 5.32 Å². The minimum atomic E-state index is 0.655. The first-order valence-electron chi connectivity index (χ1n) is 5.98. The van der Waals surface area contributed by atoms with Gasteiger partial charge >= 0.3 is 0 Å². The minimum Gasteiger partial charge on any atom is -0.314 e. The van der Waals surface area contributed by atoms with E-state index in [0.717, 1.165) is 12.5 Å². The van der Waals surface area contributed by atoms with E-state index in [2.05, 4.69) is 43.6 Å². The van der Waals surface area contributed by atoms with E-state index < -0.39 is 0 Å². The molecule has 1 unspecified atom stereocenters. The van der Waals surface area contributed by atoms with E-state index in [9.17, 15) is 0 Å². The zero-order chi connectivity index (χ0) is 11.1. The molecule has 2 heteroatoms. The van der Waals surface area contributed by atoms with Gasteiger partial charge in [-0.1, -0.05) is 26.8 Å². The predicted octanol–water partition coefficient (Wildman–Crippen LogP) is 3.70. The highest BCUT2D eigenvalue weighted by Crippen LogP contribution is 2.12. The topological polar surface area (TPSA) is 12.0 Å². The van der Waals surface area contributed by atoms with Crippen molar-refractivity contribution in [2.75, 3.05) is 6.54 Å². The van der Waals surface area contributed by atoms with Crippen LogP contribution in [0.2, 0.25) is 0 Å². The molecule has 1 atom stereocenters. The Bertz CT molecular complexity index is 241. The summed E-state index contributed by atoms with van der Waals surface area (Å²) in [6.45, 7) is 7.98. The van der Waals surface area contributed by atoms with Crippen molar-refractivity contribution in [2.24, 2.45) is 5.92 Å². The molecule has 15 heavy (non-hydrogen) atoms. The molecule has 0 aliphatic heterocycles. The highest BCUT2D eigenvalue weighted by molar-refractivity contribution is 7.09. The molecule has 1 aromatic heterocycles. The molecule has 1 aromatic rings. The summed E-state index contributed by atoms with van der Waals surface area (Å²) in [6, 6.07) is 5.03. The first-order valence-corrected chi connectivity index (χ1v) is 6.86. The van der Waals surface area contributed by atoms with Crippen LogP contribution in [0.4, 0.5) is 0 Å². The molecule has 0 saturated carbocycles. The van der Waals surface area contributed by atoms with Crippen molar-refractivity contribution in [3.8, 4) is 0 Å². The van der Waals surface area contributed by atoms with Crippen molar-refractivity contribution in [2.45, 2.75) is 46.1 Å². The van der Waals surface area contributed by atoms with E-state index in [1.54, 1.807) is 0 Å². The van der Waals surface area contributed by atoms with Gasteiger partial charge in [-0.05, 0) is 43.2 Å². The predicted molar refractivity (Wildman–Crippen MR) is 69.6 cm³/mol. The lowest BCUT2D eigenvalue weighted by Gasteiger charge is -2.16. The zero-order valence-corrected chi connectivity index (χ0v) is 10.9. The lowest BCUT2D eigenvalue weighted by Crippen LogP contribution is -2.31. The second-order valence-corrected chi connectivity index (χ2v) is 5.56. The second kappa shape index (κ2) is 7.02.